The maximum Gasteiger partial charge on any atom is 0.0449 e. The lowest BCUT2D eigenvalue weighted by Gasteiger charge is -2.25. The Balaban J connectivity index is 2.89. The minimum absolute atomic E-state index is 0.632. The van der Waals surface area contributed by atoms with Gasteiger partial charge in [0.05, 0.1) is 0 Å². The molecular weight excluding hydrogens is 278 g/mol. The highest BCUT2D eigenvalue weighted by Gasteiger charge is 2.22. The molecule has 1 nitrogen and oxygen atoms in total. The summed E-state index contributed by atoms with van der Waals surface area (Å²) in [5.74, 6) is 0.632. The van der Waals surface area contributed by atoms with Crippen molar-refractivity contribution in [3.8, 4) is 0 Å². The molecule has 0 bridgehead atoms. The van der Waals surface area contributed by atoms with Crippen molar-refractivity contribution in [3.05, 3.63) is 34.3 Å². The van der Waals surface area contributed by atoms with Crippen molar-refractivity contribution in [2.45, 2.75) is 31.6 Å². The molecule has 0 amide bonds. The fourth-order valence-electron chi connectivity index (χ4n) is 2.08. The largest absolute Gasteiger partial charge is 0.319 e. The van der Waals surface area contributed by atoms with Gasteiger partial charge < -0.3 is 5.32 Å². The van der Waals surface area contributed by atoms with Crippen molar-refractivity contribution in [2.75, 3.05) is 13.6 Å². The van der Waals surface area contributed by atoms with Gasteiger partial charge >= 0.3 is 0 Å². The van der Waals surface area contributed by atoms with Gasteiger partial charge in [-0.05, 0) is 30.6 Å². The topological polar surface area (TPSA) is 12.0 Å². The highest BCUT2D eigenvalue weighted by atomic mass is 79.9. The summed E-state index contributed by atoms with van der Waals surface area (Å²) < 4.78 is 1.24. The first kappa shape index (κ1) is 13.9. The summed E-state index contributed by atoms with van der Waals surface area (Å²) in [5, 5.41) is 3.32. The van der Waals surface area contributed by atoms with Gasteiger partial charge in [0, 0.05) is 19.1 Å². The van der Waals surface area contributed by atoms with Crippen LogP contribution in [0.3, 0.4) is 0 Å². The Hall–Kier alpha value is -0.123. The summed E-state index contributed by atoms with van der Waals surface area (Å²) in [4.78, 5) is 0. The Labute approximate surface area is 109 Å². The predicted octanol–water partition coefficient (Wildman–Crippen LogP) is 4.09. The van der Waals surface area contributed by atoms with Crippen molar-refractivity contribution in [3.63, 3.8) is 0 Å². The van der Waals surface area contributed by atoms with Gasteiger partial charge in [0.25, 0.3) is 0 Å². The van der Waals surface area contributed by atoms with Crippen LogP contribution in [0, 0.1) is 0 Å². The smallest absolute Gasteiger partial charge is 0.0449 e. The van der Waals surface area contributed by atoms with Gasteiger partial charge in [0.15, 0.2) is 0 Å². The van der Waals surface area contributed by atoms with Gasteiger partial charge in [-0.25, -0.2) is 0 Å². The molecule has 0 aliphatic heterocycles. The van der Waals surface area contributed by atoms with E-state index < -0.39 is 8.07 Å². The fourth-order valence-corrected chi connectivity index (χ4v) is 4.54. The predicted molar refractivity (Wildman–Crippen MR) is 79.0 cm³/mol. The second kappa shape index (κ2) is 5.99. The zero-order valence-corrected chi connectivity index (χ0v) is 13.3. The third-order valence-corrected chi connectivity index (χ3v) is 5.09. The summed E-state index contributed by atoms with van der Waals surface area (Å²) in [6, 6.07) is 9.93. The monoisotopic (exact) mass is 299 g/mol. The van der Waals surface area contributed by atoms with E-state index in [9.17, 15) is 0 Å². The van der Waals surface area contributed by atoms with E-state index in [0.29, 0.717) is 5.92 Å². The molecule has 0 radical (unpaired) electrons. The normalized spacial score (nSPS) is 13.8. The molecule has 0 saturated carbocycles. The van der Waals surface area contributed by atoms with Crippen LogP contribution in [-0.2, 0) is 0 Å². The van der Waals surface area contributed by atoms with Crippen molar-refractivity contribution in [2.24, 2.45) is 0 Å². The van der Waals surface area contributed by atoms with Crippen LogP contribution in [0.25, 0.3) is 0 Å². The van der Waals surface area contributed by atoms with E-state index in [2.05, 4.69) is 65.2 Å². The van der Waals surface area contributed by atoms with Crippen LogP contribution in [0.5, 0.6) is 0 Å². The summed E-state index contributed by atoms with van der Waals surface area (Å²) in [6.45, 7) is 8.37. The van der Waals surface area contributed by atoms with Crippen molar-refractivity contribution in [1.29, 1.82) is 0 Å². The van der Waals surface area contributed by atoms with Crippen LogP contribution in [0.4, 0.5) is 0 Å². The summed E-state index contributed by atoms with van der Waals surface area (Å²) in [7, 11) is 1.01. The second-order valence-corrected chi connectivity index (χ2v) is 11.9. The molecular formula is C13H22BrNSi. The van der Waals surface area contributed by atoms with Gasteiger partial charge in [-0.1, -0.05) is 53.8 Å². The molecule has 0 heterocycles. The molecule has 0 aliphatic rings. The number of likely N-dealkylation sites (N-methyl/N-ethyl adjacent to an activating group) is 1. The van der Waals surface area contributed by atoms with E-state index in [4.69, 9.17) is 0 Å². The SMILES string of the molecule is CNCC(C[Si](C)(C)C)c1ccccc1Br. The number of nitrogens with one attached hydrogen (secondary N) is 1. The zero-order valence-electron chi connectivity index (χ0n) is 10.7. The zero-order chi connectivity index (χ0) is 12.2. The lowest BCUT2D eigenvalue weighted by atomic mass is 10.0. The Morgan fingerprint density at radius 3 is 2.38 bits per heavy atom. The molecule has 1 atom stereocenters. The highest BCUT2D eigenvalue weighted by Crippen LogP contribution is 2.31. The average Bonchev–Trinajstić information content (AvgIpc) is 2.16. The molecule has 90 valence electrons. The standard InChI is InChI=1S/C13H22BrNSi/c1-15-9-11(10-16(2,3)4)12-7-5-6-8-13(12)14/h5-8,11,15H,9-10H2,1-4H3. The fraction of sp³-hybridized carbons (Fsp3) is 0.538. The second-order valence-electron chi connectivity index (χ2n) is 5.54. The first-order valence-corrected chi connectivity index (χ1v) is 10.3. The molecule has 1 aromatic rings. The van der Waals surface area contributed by atoms with Crippen LogP contribution in [0.1, 0.15) is 11.5 Å². The van der Waals surface area contributed by atoms with Crippen LogP contribution in [-0.4, -0.2) is 21.7 Å². The Kier molecular flexibility index (Phi) is 5.22. The molecule has 3 heteroatoms. The van der Waals surface area contributed by atoms with Gasteiger partial charge in [-0.2, -0.15) is 0 Å². The molecule has 1 N–H and O–H groups in total. The Morgan fingerprint density at radius 1 is 1.25 bits per heavy atom. The maximum atomic E-state index is 3.66. The van der Waals surface area contributed by atoms with E-state index in [-0.39, 0.29) is 0 Å². The first-order chi connectivity index (χ1) is 7.44. The molecule has 1 unspecified atom stereocenters. The van der Waals surface area contributed by atoms with Gasteiger partial charge in [-0.15, -0.1) is 0 Å². The summed E-state index contributed by atoms with van der Waals surface area (Å²) in [6.07, 6.45) is 0. The van der Waals surface area contributed by atoms with E-state index in [1.807, 2.05) is 7.05 Å². The van der Waals surface area contributed by atoms with Gasteiger partial charge in [0.2, 0.25) is 0 Å². The van der Waals surface area contributed by atoms with Gasteiger partial charge in [-0.3, -0.25) is 0 Å². The number of hydrogen-bond donors (Lipinski definition) is 1. The third-order valence-electron chi connectivity index (χ3n) is 2.65. The summed E-state index contributed by atoms with van der Waals surface area (Å²) in [5.41, 5.74) is 1.44. The molecule has 0 aliphatic carbocycles. The van der Waals surface area contributed by atoms with Crippen LogP contribution in [0.2, 0.25) is 25.7 Å². The van der Waals surface area contributed by atoms with E-state index in [1.54, 1.807) is 0 Å². The lowest BCUT2D eigenvalue weighted by molar-refractivity contribution is 0.667. The van der Waals surface area contributed by atoms with Crippen molar-refractivity contribution in [1.82, 2.24) is 5.32 Å². The van der Waals surface area contributed by atoms with Crippen LogP contribution in [0.15, 0.2) is 28.7 Å². The van der Waals surface area contributed by atoms with E-state index in [0.717, 1.165) is 6.54 Å². The molecule has 0 spiro atoms. The minimum atomic E-state index is -1.02. The van der Waals surface area contributed by atoms with Gasteiger partial charge in [0.1, 0.15) is 0 Å². The average molecular weight is 300 g/mol. The van der Waals surface area contributed by atoms with E-state index >= 15 is 0 Å². The highest BCUT2D eigenvalue weighted by molar-refractivity contribution is 9.10. The Bertz CT molecular complexity index is 333. The molecule has 0 fully saturated rings. The van der Waals surface area contributed by atoms with Crippen molar-refractivity contribution < 1.29 is 0 Å². The van der Waals surface area contributed by atoms with Crippen LogP contribution < -0.4 is 5.32 Å². The Morgan fingerprint density at radius 2 is 1.88 bits per heavy atom. The molecule has 0 saturated heterocycles. The molecule has 1 aromatic carbocycles. The number of benzene rings is 1. The molecule has 1 rings (SSSR count). The number of rotatable bonds is 5. The number of halogens is 1. The summed E-state index contributed by atoms with van der Waals surface area (Å²) >= 11 is 3.66. The third kappa shape index (κ3) is 4.40. The first-order valence-electron chi connectivity index (χ1n) is 5.83. The minimum Gasteiger partial charge on any atom is -0.319 e. The molecule has 16 heavy (non-hydrogen) atoms. The maximum absolute atomic E-state index is 3.66. The molecule has 0 aromatic heterocycles. The lowest BCUT2D eigenvalue weighted by Crippen LogP contribution is -2.28. The van der Waals surface area contributed by atoms with Crippen LogP contribution >= 0.6 is 15.9 Å². The quantitative estimate of drug-likeness (QED) is 0.808. The van der Waals surface area contributed by atoms with Crippen molar-refractivity contribution >= 4 is 24.0 Å². The number of hydrogen-bond acceptors (Lipinski definition) is 1. The van der Waals surface area contributed by atoms with E-state index in [1.165, 1.54) is 16.1 Å².